The van der Waals surface area contributed by atoms with Crippen LogP contribution in [0, 0.1) is 0 Å². The van der Waals surface area contributed by atoms with Gasteiger partial charge in [0.15, 0.2) is 0 Å². The fourth-order valence-electron chi connectivity index (χ4n) is 1.80. The molecule has 1 atom stereocenters. The summed E-state index contributed by atoms with van der Waals surface area (Å²) in [5.41, 5.74) is 0. The Kier molecular flexibility index (Phi) is 6.62. The molecule has 2 rings (SSSR count). The molecule has 0 heterocycles. The van der Waals surface area contributed by atoms with Crippen LogP contribution < -0.4 is 10.1 Å². The summed E-state index contributed by atoms with van der Waals surface area (Å²) in [4.78, 5) is 13.1. The van der Waals surface area contributed by atoms with Gasteiger partial charge in [0.25, 0.3) is 0 Å². The third kappa shape index (κ3) is 5.28. The van der Waals surface area contributed by atoms with Gasteiger partial charge in [-0.15, -0.1) is 11.8 Å². The summed E-state index contributed by atoms with van der Waals surface area (Å²) in [7, 11) is 0. The maximum Gasteiger partial charge on any atom is 0.233 e. The molecule has 22 heavy (non-hydrogen) atoms. The molecule has 0 radical (unpaired) electrons. The molecular formula is C17H18ClNO2S. The number of para-hydroxylation sites is 1. The second-order valence-electron chi connectivity index (χ2n) is 4.64. The third-order valence-corrected chi connectivity index (χ3v) is 4.35. The van der Waals surface area contributed by atoms with Gasteiger partial charge in [-0.3, -0.25) is 4.79 Å². The lowest BCUT2D eigenvalue weighted by Crippen LogP contribution is -2.33. The summed E-state index contributed by atoms with van der Waals surface area (Å²) in [5.74, 6) is 0.627. The summed E-state index contributed by atoms with van der Waals surface area (Å²) in [6.07, 6.45) is 0. The van der Waals surface area contributed by atoms with E-state index in [-0.39, 0.29) is 11.2 Å². The number of carbonyl (C=O) groups excluding carboxylic acids is 1. The summed E-state index contributed by atoms with van der Waals surface area (Å²) in [6.45, 7) is 2.73. The lowest BCUT2D eigenvalue weighted by molar-refractivity contribution is -0.120. The monoisotopic (exact) mass is 335 g/mol. The van der Waals surface area contributed by atoms with Gasteiger partial charge in [-0.25, -0.2) is 0 Å². The van der Waals surface area contributed by atoms with Crippen LogP contribution in [-0.4, -0.2) is 24.3 Å². The minimum Gasteiger partial charge on any atom is -0.490 e. The Labute approximate surface area is 140 Å². The highest BCUT2D eigenvalue weighted by Crippen LogP contribution is 2.23. The average molecular weight is 336 g/mol. The number of thioether (sulfide) groups is 1. The van der Waals surface area contributed by atoms with Gasteiger partial charge in [-0.05, 0) is 31.2 Å². The predicted molar refractivity (Wildman–Crippen MR) is 91.7 cm³/mol. The molecule has 0 saturated heterocycles. The molecule has 0 saturated carbocycles. The zero-order valence-electron chi connectivity index (χ0n) is 12.3. The first-order valence-corrected chi connectivity index (χ1v) is 8.29. The number of amides is 1. The number of hydrogen-bond donors (Lipinski definition) is 1. The van der Waals surface area contributed by atoms with Crippen LogP contribution >= 0.6 is 23.4 Å². The van der Waals surface area contributed by atoms with Crippen LogP contribution in [0.1, 0.15) is 6.92 Å². The van der Waals surface area contributed by atoms with Crippen molar-refractivity contribution in [1.29, 1.82) is 0 Å². The number of benzene rings is 2. The van der Waals surface area contributed by atoms with Gasteiger partial charge in [0.1, 0.15) is 12.4 Å². The smallest absolute Gasteiger partial charge is 0.233 e. The summed E-state index contributed by atoms with van der Waals surface area (Å²) in [5, 5.41) is 3.29. The van der Waals surface area contributed by atoms with Gasteiger partial charge in [0.2, 0.25) is 5.91 Å². The number of halogens is 1. The maximum absolute atomic E-state index is 12.0. The van der Waals surface area contributed by atoms with Crippen molar-refractivity contribution in [2.45, 2.75) is 17.1 Å². The lowest BCUT2D eigenvalue weighted by atomic mass is 10.3. The van der Waals surface area contributed by atoms with E-state index in [2.05, 4.69) is 5.32 Å². The quantitative estimate of drug-likeness (QED) is 0.613. The Hall–Kier alpha value is -1.65. The fraction of sp³-hybridized carbons (Fsp3) is 0.235. The van der Waals surface area contributed by atoms with Crippen LogP contribution in [0.2, 0.25) is 5.02 Å². The van der Waals surface area contributed by atoms with Crippen molar-refractivity contribution < 1.29 is 9.53 Å². The Bertz CT molecular complexity index is 607. The van der Waals surface area contributed by atoms with Crippen LogP contribution in [0.3, 0.4) is 0 Å². The van der Waals surface area contributed by atoms with E-state index in [9.17, 15) is 4.79 Å². The first-order chi connectivity index (χ1) is 10.7. The molecule has 3 nitrogen and oxygen atoms in total. The standard InChI is InChI=1S/C17H18ClNO2S/c1-13(22-14-7-3-2-4-8-14)17(20)19-11-12-21-16-10-6-5-9-15(16)18/h2-10,13H,11-12H2,1H3,(H,19,20)/t13-/m0/s1. The minimum absolute atomic E-state index is 0.00314. The van der Waals surface area contributed by atoms with Crippen LogP contribution in [0.25, 0.3) is 0 Å². The van der Waals surface area contributed by atoms with Crippen LogP contribution in [-0.2, 0) is 4.79 Å². The molecule has 0 aliphatic heterocycles. The van der Waals surface area contributed by atoms with Crippen molar-refractivity contribution in [2.75, 3.05) is 13.2 Å². The van der Waals surface area contributed by atoms with E-state index in [4.69, 9.17) is 16.3 Å². The molecule has 2 aromatic rings. The van der Waals surface area contributed by atoms with Crippen molar-refractivity contribution in [3.05, 3.63) is 59.6 Å². The minimum atomic E-state index is -0.150. The molecule has 5 heteroatoms. The molecule has 2 aromatic carbocycles. The van der Waals surface area contributed by atoms with Crippen molar-refractivity contribution in [1.82, 2.24) is 5.32 Å². The van der Waals surface area contributed by atoms with Gasteiger partial charge in [-0.1, -0.05) is 41.9 Å². The molecule has 0 fully saturated rings. The normalized spacial score (nSPS) is 11.7. The summed E-state index contributed by atoms with van der Waals surface area (Å²) >= 11 is 7.53. The highest BCUT2D eigenvalue weighted by atomic mass is 35.5. The first-order valence-electron chi connectivity index (χ1n) is 7.03. The Morgan fingerprint density at radius 1 is 1.18 bits per heavy atom. The summed E-state index contributed by atoms with van der Waals surface area (Å²) in [6, 6.07) is 17.2. The van der Waals surface area contributed by atoms with Gasteiger partial charge in [0.05, 0.1) is 16.8 Å². The Balaban J connectivity index is 1.70. The van der Waals surface area contributed by atoms with E-state index in [1.165, 1.54) is 11.8 Å². The maximum atomic E-state index is 12.0. The molecule has 1 amide bonds. The predicted octanol–water partition coefficient (Wildman–Crippen LogP) is 4.02. The van der Waals surface area contributed by atoms with E-state index in [0.29, 0.717) is 23.9 Å². The van der Waals surface area contributed by atoms with E-state index < -0.39 is 0 Å². The second-order valence-corrected chi connectivity index (χ2v) is 6.46. The van der Waals surface area contributed by atoms with Gasteiger partial charge >= 0.3 is 0 Å². The molecule has 0 spiro atoms. The second kappa shape index (κ2) is 8.71. The van der Waals surface area contributed by atoms with E-state index in [1.807, 2.05) is 49.4 Å². The number of rotatable bonds is 7. The number of hydrogen-bond acceptors (Lipinski definition) is 3. The molecule has 0 unspecified atom stereocenters. The first kappa shape index (κ1) is 16.7. The molecular weight excluding hydrogens is 318 g/mol. The Morgan fingerprint density at radius 2 is 1.86 bits per heavy atom. The highest BCUT2D eigenvalue weighted by molar-refractivity contribution is 8.00. The number of carbonyl (C=O) groups is 1. The van der Waals surface area contributed by atoms with E-state index in [0.717, 1.165) is 4.90 Å². The molecule has 1 N–H and O–H groups in total. The van der Waals surface area contributed by atoms with Crippen LogP contribution in [0.15, 0.2) is 59.5 Å². The SMILES string of the molecule is C[C@H](Sc1ccccc1)C(=O)NCCOc1ccccc1Cl. The van der Waals surface area contributed by atoms with Crippen molar-refractivity contribution in [3.8, 4) is 5.75 Å². The molecule has 0 aliphatic rings. The summed E-state index contributed by atoms with van der Waals surface area (Å²) < 4.78 is 5.53. The molecule has 0 aliphatic carbocycles. The largest absolute Gasteiger partial charge is 0.490 e. The van der Waals surface area contributed by atoms with Gasteiger partial charge in [0, 0.05) is 4.90 Å². The Morgan fingerprint density at radius 3 is 2.59 bits per heavy atom. The van der Waals surface area contributed by atoms with E-state index in [1.54, 1.807) is 12.1 Å². The topological polar surface area (TPSA) is 38.3 Å². The zero-order chi connectivity index (χ0) is 15.8. The zero-order valence-corrected chi connectivity index (χ0v) is 13.9. The third-order valence-electron chi connectivity index (χ3n) is 2.92. The number of nitrogens with one attached hydrogen (secondary N) is 1. The van der Waals surface area contributed by atoms with Gasteiger partial charge < -0.3 is 10.1 Å². The lowest BCUT2D eigenvalue weighted by Gasteiger charge is -2.13. The number of ether oxygens (including phenoxy) is 1. The molecule has 0 bridgehead atoms. The van der Waals surface area contributed by atoms with Crippen molar-refractivity contribution in [2.24, 2.45) is 0 Å². The van der Waals surface area contributed by atoms with Crippen LogP contribution in [0.4, 0.5) is 0 Å². The van der Waals surface area contributed by atoms with Crippen molar-refractivity contribution in [3.63, 3.8) is 0 Å². The fourth-order valence-corrected chi connectivity index (χ4v) is 2.90. The van der Waals surface area contributed by atoms with E-state index >= 15 is 0 Å². The van der Waals surface area contributed by atoms with Crippen LogP contribution in [0.5, 0.6) is 5.75 Å². The van der Waals surface area contributed by atoms with Crippen molar-refractivity contribution >= 4 is 29.3 Å². The molecule has 0 aromatic heterocycles. The highest BCUT2D eigenvalue weighted by Gasteiger charge is 2.13. The van der Waals surface area contributed by atoms with Gasteiger partial charge in [-0.2, -0.15) is 0 Å². The molecule has 116 valence electrons. The average Bonchev–Trinajstić information content (AvgIpc) is 2.53.